The van der Waals surface area contributed by atoms with E-state index in [0.29, 0.717) is 12.8 Å². The van der Waals surface area contributed by atoms with E-state index in [4.69, 9.17) is 4.43 Å². The fourth-order valence-electron chi connectivity index (χ4n) is 3.86. The Kier molecular flexibility index (Phi) is 7.28. The number of fused-ring (bicyclic) bond motifs is 1. The van der Waals surface area contributed by atoms with Crippen LogP contribution in [0.4, 0.5) is 0 Å². The van der Waals surface area contributed by atoms with E-state index in [9.17, 15) is 9.59 Å². The largest absolute Gasteiger partial charge is 0.543 e. The van der Waals surface area contributed by atoms with Gasteiger partial charge in [0.2, 0.25) is 14.2 Å². The van der Waals surface area contributed by atoms with Crippen LogP contribution < -0.4 is 9.74 Å². The zero-order valence-electron chi connectivity index (χ0n) is 20.4. The third-order valence-corrected chi connectivity index (χ3v) is 11.2. The fourth-order valence-corrected chi connectivity index (χ4v) is 4.88. The van der Waals surface area contributed by atoms with Gasteiger partial charge in [0.15, 0.2) is 5.78 Å². The maximum Gasteiger partial charge on any atom is 0.250 e. The van der Waals surface area contributed by atoms with Gasteiger partial charge in [-0.2, -0.15) is 0 Å². The van der Waals surface area contributed by atoms with Gasteiger partial charge < -0.3 is 9.74 Å². The second-order valence-electron chi connectivity index (χ2n) is 10.5. The molecule has 0 unspecified atom stereocenters. The summed E-state index contributed by atoms with van der Waals surface area (Å²) in [5, 5.41) is 5.46. The number of hydrogen-bond acceptors (Lipinski definition) is 3. The lowest BCUT2D eigenvalue weighted by atomic mass is 9.93. The van der Waals surface area contributed by atoms with Gasteiger partial charge in [0.25, 0.3) is 0 Å². The van der Waals surface area contributed by atoms with Crippen LogP contribution in [-0.2, 0) is 16.0 Å². The minimum absolute atomic E-state index is 0.0149. The second kappa shape index (κ2) is 9.61. The van der Waals surface area contributed by atoms with Crippen LogP contribution in [0.2, 0.25) is 18.1 Å². The first-order valence-corrected chi connectivity index (χ1v) is 14.6. The van der Waals surface area contributed by atoms with E-state index in [1.807, 2.05) is 0 Å². The van der Waals surface area contributed by atoms with Crippen LogP contribution in [0.25, 0.3) is 10.8 Å². The molecule has 2 aromatic rings. The number of allylic oxidation sites excluding steroid dienone is 2. The smallest absolute Gasteiger partial charge is 0.250 e. The molecule has 0 radical (unpaired) electrons. The van der Waals surface area contributed by atoms with Gasteiger partial charge in [0.05, 0.1) is 0 Å². The molecule has 1 aliphatic rings. The normalized spacial score (nSPS) is 15.1. The van der Waals surface area contributed by atoms with Crippen molar-refractivity contribution in [1.29, 1.82) is 0 Å². The highest BCUT2D eigenvalue weighted by Crippen LogP contribution is 2.38. The van der Waals surface area contributed by atoms with Crippen LogP contribution in [0.15, 0.2) is 47.7 Å². The molecule has 0 aromatic heterocycles. The SMILES string of the molecule is CC(=O)C1=C(NC(=O)CCc2ccc3cc(O[Si](C)(C)C(C)(C)C)ccc3c2)CCCC1. The number of aryl methyl sites for hydroxylation is 1. The lowest BCUT2D eigenvalue weighted by Gasteiger charge is -2.36. The highest BCUT2D eigenvalue weighted by molar-refractivity contribution is 6.74. The Morgan fingerprint density at radius 1 is 1.00 bits per heavy atom. The summed E-state index contributed by atoms with van der Waals surface area (Å²) in [6.45, 7) is 12.8. The van der Waals surface area contributed by atoms with Crippen LogP contribution in [0.1, 0.15) is 65.4 Å². The molecular weight excluding hydrogens is 414 g/mol. The third-order valence-electron chi connectivity index (χ3n) is 6.88. The molecule has 0 aliphatic heterocycles. The van der Waals surface area contributed by atoms with Gasteiger partial charge >= 0.3 is 0 Å². The summed E-state index contributed by atoms with van der Waals surface area (Å²) in [6, 6.07) is 12.6. The Labute approximate surface area is 193 Å². The Morgan fingerprint density at radius 3 is 2.34 bits per heavy atom. The minimum atomic E-state index is -1.87. The van der Waals surface area contributed by atoms with Crippen LogP contribution >= 0.6 is 0 Å². The van der Waals surface area contributed by atoms with Gasteiger partial charge in [-0.15, -0.1) is 0 Å². The maximum atomic E-state index is 12.5. The Morgan fingerprint density at radius 2 is 1.66 bits per heavy atom. The Balaban J connectivity index is 1.65. The number of carbonyl (C=O) groups is 2. The summed E-state index contributed by atoms with van der Waals surface area (Å²) in [4.78, 5) is 24.3. The Hall–Kier alpha value is -2.40. The number of benzene rings is 2. The fraction of sp³-hybridized carbons (Fsp3) is 0.481. The van der Waals surface area contributed by atoms with Crippen molar-refractivity contribution in [3.8, 4) is 5.75 Å². The number of hydrogen-bond donors (Lipinski definition) is 1. The molecule has 1 aliphatic carbocycles. The number of rotatable bonds is 7. The molecule has 0 fully saturated rings. The maximum absolute atomic E-state index is 12.5. The van der Waals surface area contributed by atoms with Crippen LogP contribution in [0, 0.1) is 0 Å². The first-order valence-electron chi connectivity index (χ1n) is 11.7. The number of nitrogens with one attached hydrogen (secondary N) is 1. The van der Waals surface area contributed by atoms with E-state index in [1.165, 1.54) is 0 Å². The molecule has 1 N–H and O–H groups in total. The van der Waals surface area contributed by atoms with Crippen molar-refractivity contribution < 1.29 is 14.0 Å². The lowest BCUT2D eigenvalue weighted by molar-refractivity contribution is -0.120. The van der Waals surface area contributed by atoms with E-state index < -0.39 is 8.32 Å². The molecule has 0 bridgehead atoms. The predicted molar refractivity (Wildman–Crippen MR) is 134 cm³/mol. The molecule has 2 aromatic carbocycles. The minimum Gasteiger partial charge on any atom is -0.543 e. The molecule has 4 nitrogen and oxygen atoms in total. The van der Waals surface area contributed by atoms with Crippen LogP contribution in [0.3, 0.4) is 0 Å². The van der Waals surface area contributed by atoms with Crippen LogP contribution in [0.5, 0.6) is 5.75 Å². The highest BCUT2D eigenvalue weighted by atomic mass is 28.4. The quantitative estimate of drug-likeness (QED) is 0.477. The number of amides is 1. The standard InChI is InChI=1S/C27H37NO3Si/c1-19(29)24-9-7-8-10-25(24)28-26(30)16-12-20-11-13-22-18-23(15-14-21(22)17-20)31-32(5,6)27(2,3)4/h11,13-15,17-18H,7-10,12,16H2,1-6H3,(H,28,30). The van der Waals surface area contributed by atoms with E-state index in [0.717, 1.165) is 59.0 Å². The number of ketones is 1. The Bertz CT molecular complexity index is 1050. The monoisotopic (exact) mass is 451 g/mol. The van der Waals surface area contributed by atoms with Crippen molar-refractivity contribution in [3.63, 3.8) is 0 Å². The van der Waals surface area contributed by atoms with E-state index >= 15 is 0 Å². The van der Waals surface area contributed by atoms with Gasteiger partial charge in [0, 0.05) is 17.7 Å². The third kappa shape index (κ3) is 5.88. The number of carbonyl (C=O) groups excluding carboxylic acids is 2. The summed E-state index contributed by atoms with van der Waals surface area (Å²) in [7, 11) is -1.87. The van der Waals surface area contributed by atoms with Crippen molar-refractivity contribution in [1.82, 2.24) is 5.32 Å². The topological polar surface area (TPSA) is 55.4 Å². The van der Waals surface area contributed by atoms with Gasteiger partial charge in [-0.25, -0.2) is 0 Å². The zero-order valence-corrected chi connectivity index (χ0v) is 21.4. The summed E-state index contributed by atoms with van der Waals surface area (Å²) in [5.74, 6) is 0.989. The highest BCUT2D eigenvalue weighted by Gasteiger charge is 2.38. The molecule has 0 heterocycles. The van der Waals surface area contributed by atoms with Crippen molar-refractivity contribution in [3.05, 3.63) is 53.2 Å². The molecule has 1 amide bonds. The second-order valence-corrected chi connectivity index (χ2v) is 15.2. The molecule has 3 rings (SSSR count). The average Bonchev–Trinajstić information content (AvgIpc) is 2.71. The van der Waals surface area contributed by atoms with Gasteiger partial charge in [-0.05, 0) is 85.6 Å². The lowest BCUT2D eigenvalue weighted by Crippen LogP contribution is -2.43. The first-order chi connectivity index (χ1) is 15.0. The van der Waals surface area contributed by atoms with Gasteiger partial charge in [-0.1, -0.05) is 45.0 Å². The summed E-state index contributed by atoms with van der Waals surface area (Å²) in [6.07, 6.45) is 4.69. The molecule has 5 heteroatoms. The van der Waals surface area contributed by atoms with Gasteiger partial charge in [-0.3, -0.25) is 9.59 Å². The number of Topliss-reactive ketones (excluding diaryl/α,β-unsaturated/α-hetero) is 1. The molecule has 172 valence electrons. The first kappa shape index (κ1) is 24.2. The molecule has 0 saturated carbocycles. The summed E-state index contributed by atoms with van der Waals surface area (Å²) < 4.78 is 6.44. The van der Waals surface area contributed by atoms with Crippen molar-refractivity contribution in [2.24, 2.45) is 0 Å². The van der Waals surface area contributed by atoms with Crippen molar-refractivity contribution in [2.75, 3.05) is 0 Å². The summed E-state index contributed by atoms with van der Waals surface area (Å²) in [5.41, 5.74) is 2.77. The predicted octanol–water partition coefficient (Wildman–Crippen LogP) is 6.69. The van der Waals surface area contributed by atoms with Crippen molar-refractivity contribution in [2.45, 2.75) is 84.4 Å². The van der Waals surface area contributed by atoms with E-state index in [1.54, 1.807) is 6.92 Å². The van der Waals surface area contributed by atoms with Gasteiger partial charge in [0.1, 0.15) is 5.75 Å². The molecule has 0 atom stereocenters. The van der Waals surface area contributed by atoms with E-state index in [-0.39, 0.29) is 16.7 Å². The average molecular weight is 452 g/mol. The zero-order chi connectivity index (χ0) is 23.5. The molecule has 0 spiro atoms. The van der Waals surface area contributed by atoms with E-state index in [2.05, 4.69) is 75.6 Å². The molecular formula is C27H37NO3Si. The summed E-state index contributed by atoms with van der Waals surface area (Å²) >= 11 is 0. The molecule has 32 heavy (non-hydrogen) atoms. The van der Waals surface area contributed by atoms with Crippen molar-refractivity contribution >= 4 is 30.8 Å². The van der Waals surface area contributed by atoms with Crippen LogP contribution in [-0.4, -0.2) is 20.0 Å². The molecule has 0 saturated heterocycles.